The number of nitrogens with zero attached hydrogens (tertiary/aromatic N) is 1. The van der Waals surface area contributed by atoms with Gasteiger partial charge in [0.05, 0.1) is 20.8 Å². The van der Waals surface area contributed by atoms with Gasteiger partial charge in [-0.25, -0.2) is 9.69 Å². The molecule has 2 aromatic rings. The summed E-state index contributed by atoms with van der Waals surface area (Å²) in [7, 11) is 3.57. The van der Waals surface area contributed by atoms with Crippen LogP contribution in [0.25, 0.3) is 0 Å². The van der Waals surface area contributed by atoms with Crippen molar-refractivity contribution in [3.63, 3.8) is 0 Å². The van der Waals surface area contributed by atoms with Gasteiger partial charge < -0.3 is 19.7 Å². The number of urea groups is 1. The third-order valence-corrected chi connectivity index (χ3v) is 5.56. The molecular formula is C24H32N3O4+. The summed E-state index contributed by atoms with van der Waals surface area (Å²) >= 11 is 0. The van der Waals surface area contributed by atoms with Crippen LogP contribution in [-0.4, -0.2) is 49.8 Å². The van der Waals surface area contributed by atoms with E-state index >= 15 is 0 Å². The molecule has 0 aromatic heterocycles. The van der Waals surface area contributed by atoms with Crippen molar-refractivity contribution in [2.75, 3.05) is 27.4 Å². The minimum Gasteiger partial charge on any atom is -0.493 e. The molecular weight excluding hydrogens is 394 g/mol. The van der Waals surface area contributed by atoms with Gasteiger partial charge in [-0.3, -0.25) is 4.79 Å². The van der Waals surface area contributed by atoms with Crippen LogP contribution >= 0.6 is 0 Å². The van der Waals surface area contributed by atoms with E-state index in [-0.39, 0.29) is 11.9 Å². The van der Waals surface area contributed by atoms with E-state index in [0.717, 1.165) is 22.4 Å². The number of carbonyl (C=O) groups excluding carboxylic acids is 2. The molecule has 2 atom stereocenters. The number of aryl methyl sites for hydroxylation is 1. The van der Waals surface area contributed by atoms with Crippen LogP contribution in [0.2, 0.25) is 0 Å². The number of carbonyl (C=O) groups is 2. The molecule has 0 bridgehead atoms. The Labute approximate surface area is 183 Å². The molecule has 1 aliphatic rings. The van der Waals surface area contributed by atoms with Crippen LogP contribution in [-0.2, 0) is 17.8 Å². The summed E-state index contributed by atoms with van der Waals surface area (Å²) in [4.78, 5) is 28.0. The molecule has 1 aliphatic heterocycles. The Morgan fingerprint density at radius 2 is 1.81 bits per heavy atom. The summed E-state index contributed by atoms with van der Waals surface area (Å²) in [6, 6.07) is 15.5. The molecule has 0 spiro atoms. The van der Waals surface area contributed by atoms with Crippen molar-refractivity contribution < 1.29 is 24.0 Å². The summed E-state index contributed by atoms with van der Waals surface area (Å²) in [5, 5.41) is 2.90. The zero-order valence-electron chi connectivity index (χ0n) is 18.7. The molecule has 3 rings (SSSR count). The van der Waals surface area contributed by atoms with E-state index in [0.29, 0.717) is 37.7 Å². The van der Waals surface area contributed by atoms with Crippen molar-refractivity contribution in [2.24, 2.45) is 0 Å². The summed E-state index contributed by atoms with van der Waals surface area (Å²) in [5.41, 5.74) is 1.31. The van der Waals surface area contributed by atoms with Crippen LogP contribution < -0.4 is 19.7 Å². The molecule has 1 saturated heterocycles. The smallest absolute Gasteiger partial charge is 0.329 e. The Hall–Kier alpha value is -3.06. The number of nitrogens with one attached hydrogen (secondary N) is 2. The van der Waals surface area contributed by atoms with E-state index in [1.54, 1.807) is 7.11 Å². The van der Waals surface area contributed by atoms with Crippen LogP contribution in [0.1, 0.15) is 31.4 Å². The summed E-state index contributed by atoms with van der Waals surface area (Å²) in [6.07, 6.45) is 1.29. The number of methoxy groups -OCH3 is 1. The predicted octanol–water partition coefficient (Wildman–Crippen LogP) is 2.01. The molecule has 1 unspecified atom stereocenters. The van der Waals surface area contributed by atoms with Crippen molar-refractivity contribution in [3.8, 4) is 11.5 Å². The maximum atomic E-state index is 13.1. The number of benzene rings is 2. The van der Waals surface area contributed by atoms with Crippen LogP contribution in [0, 0.1) is 0 Å². The third-order valence-electron chi connectivity index (χ3n) is 5.56. The fraction of sp³-hybridized carbons (Fsp3) is 0.417. The predicted molar refractivity (Wildman–Crippen MR) is 118 cm³/mol. The minimum atomic E-state index is -0.879. The molecule has 7 nitrogen and oxygen atoms in total. The first-order valence-corrected chi connectivity index (χ1v) is 10.7. The molecule has 3 amide bonds. The first kappa shape index (κ1) is 22.6. The molecule has 2 aromatic carbocycles. The first-order chi connectivity index (χ1) is 14.9. The van der Waals surface area contributed by atoms with Crippen LogP contribution in [0.5, 0.6) is 11.5 Å². The number of rotatable bonds is 10. The number of hydrogen-bond donors (Lipinski definition) is 2. The van der Waals surface area contributed by atoms with Crippen LogP contribution in [0.15, 0.2) is 48.5 Å². The average Bonchev–Trinajstić information content (AvgIpc) is 2.97. The Morgan fingerprint density at radius 1 is 1.06 bits per heavy atom. The zero-order valence-corrected chi connectivity index (χ0v) is 18.7. The van der Waals surface area contributed by atoms with Crippen LogP contribution in [0.3, 0.4) is 0 Å². The third kappa shape index (κ3) is 5.35. The number of amides is 3. The molecule has 2 N–H and O–H groups in total. The first-order valence-electron chi connectivity index (χ1n) is 10.7. The largest absolute Gasteiger partial charge is 0.493 e. The van der Waals surface area contributed by atoms with E-state index in [1.807, 2.05) is 69.4 Å². The highest BCUT2D eigenvalue weighted by Crippen LogP contribution is 2.28. The van der Waals surface area contributed by atoms with E-state index in [4.69, 9.17) is 9.47 Å². The van der Waals surface area contributed by atoms with E-state index < -0.39 is 5.54 Å². The second-order valence-corrected chi connectivity index (χ2v) is 8.19. The van der Waals surface area contributed by atoms with Gasteiger partial charge in [0.15, 0.2) is 18.2 Å². The topological polar surface area (TPSA) is 72.3 Å². The highest BCUT2D eigenvalue weighted by atomic mass is 16.5. The lowest BCUT2D eigenvalue weighted by molar-refractivity contribution is -0.901. The van der Waals surface area contributed by atoms with Gasteiger partial charge in [0.2, 0.25) is 0 Å². The van der Waals surface area contributed by atoms with E-state index in [1.165, 1.54) is 4.90 Å². The summed E-state index contributed by atoms with van der Waals surface area (Å²) in [6.45, 7) is 5.23. The van der Waals surface area contributed by atoms with Crippen molar-refractivity contribution in [1.29, 1.82) is 0 Å². The van der Waals surface area contributed by atoms with E-state index in [9.17, 15) is 9.59 Å². The van der Waals surface area contributed by atoms with Gasteiger partial charge in [0.25, 0.3) is 5.91 Å². The number of imide groups is 1. The molecule has 166 valence electrons. The summed E-state index contributed by atoms with van der Waals surface area (Å²) in [5.74, 6) is 1.21. The van der Waals surface area contributed by atoms with Crippen molar-refractivity contribution in [3.05, 3.63) is 59.7 Å². The van der Waals surface area contributed by atoms with E-state index in [2.05, 4.69) is 5.32 Å². The number of hydrogen-bond acceptors (Lipinski definition) is 4. The minimum absolute atomic E-state index is 0.169. The lowest BCUT2D eigenvalue weighted by Gasteiger charge is -2.23. The van der Waals surface area contributed by atoms with Crippen molar-refractivity contribution >= 4 is 11.9 Å². The maximum Gasteiger partial charge on any atom is 0.329 e. The fourth-order valence-electron chi connectivity index (χ4n) is 3.87. The van der Waals surface area contributed by atoms with Gasteiger partial charge in [-0.2, -0.15) is 0 Å². The second-order valence-electron chi connectivity index (χ2n) is 8.19. The second kappa shape index (κ2) is 9.83. The summed E-state index contributed by atoms with van der Waals surface area (Å²) < 4.78 is 11.0. The lowest BCUT2D eigenvalue weighted by atomic mass is 9.93. The van der Waals surface area contributed by atoms with Gasteiger partial charge in [-0.05, 0) is 50.5 Å². The average molecular weight is 427 g/mol. The molecule has 1 fully saturated rings. The number of quaternary nitrogens is 1. The normalized spacial score (nSPS) is 19.3. The zero-order chi connectivity index (χ0) is 22.4. The van der Waals surface area contributed by atoms with Gasteiger partial charge in [-0.15, -0.1) is 0 Å². The number of ether oxygens (including phenoxy) is 2. The standard InChI is InChI=1S/C24H31N3O4/c1-5-31-20-12-11-19(15-21(20)30-4)16-26(3)17-27-22(28)24(2,25-23(27)29)14-13-18-9-7-6-8-10-18/h6-12,15H,5,13-14,16-17H2,1-4H3,(H,25,29)/p+1/t24-/m0/s1. The molecule has 31 heavy (non-hydrogen) atoms. The highest BCUT2D eigenvalue weighted by Gasteiger charge is 2.48. The fourth-order valence-corrected chi connectivity index (χ4v) is 3.87. The van der Waals surface area contributed by atoms with Crippen LogP contribution in [0.4, 0.5) is 4.79 Å². The van der Waals surface area contributed by atoms with Crippen molar-refractivity contribution in [2.45, 2.75) is 38.8 Å². The lowest BCUT2D eigenvalue weighted by Crippen LogP contribution is -3.09. The Balaban J connectivity index is 1.61. The van der Waals surface area contributed by atoms with Gasteiger partial charge in [0, 0.05) is 5.56 Å². The van der Waals surface area contributed by atoms with Gasteiger partial charge in [-0.1, -0.05) is 30.3 Å². The quantitative estimate of drug-likeness (QED) is 0.570. The monoisotopic (exact) mass is 426 g/mol. The Morgan fingerprint density at radius 3 is 2.48 bits per heavy atom. The molecule has 0 aliphatic carbocycles. The SMILES string of the molecule is CCOc1ccc(C[NH+](C)CN2C(=O)N[C@@](C)(CCc3ccccc3)C2=O)cc1OC. The van der Waals surface area contributed by atoms with Gasteiger partial charge >= 0.3 is 6.03 Å². The maximum absolute atomic E-state index is 13.1. The Kier molecular flexibility index (Phi) is 7.17. The van der Waals surface area contributed by atoms with Crippen molar-refractivity contribution in [1.82, 2.24) is 10.2 Å². The molecule has 0 saturated carbocycles. The Bertz CT molecular complexity index is 918. The highest BCUT2D eigenvalue weighted by molar-refractivity contribution is 6.06. The van der Waals surface area contributed by atoms with Gasteiger partial charge in [0.1, 0.15) is 12.1 Å². The molecule has 7 heteroatoms. The molecule has 0 radical (unpaired) electrons. The molecule has 1 heterocycles.